The van der Waals surface area contributed by atoms with Crippen LogP contribution in [0.3, 0.4) is 0 Å². The molecule has 0 N–H and O–H groups in total. The van der Waals surface area contributed by atoms with Gasteiger partial charge in [0, 0.05) is 17.3 Å². The molecule has 3 saturated carbocycles. The second-order valence-electron chi connectivity index (χ2n) is 8.80. The molecule has 0 aromatic heterocycles. The Kier molecular flexibility index (Phi) is 3.37. The molecule has 2 heteroatoms. The van der Waals surface area contributed by atoms with Gasteiger partial charge in [0.2, 0.25) is 0 Å². The molecule has 4 rings (SSSR count). The van der Waals surface area contributed by atoms with Gasteiger partial charge in [-0.3, -0.25) is 9.59 Å². The predicted octanol–water partition coefficient (Wildman–Crippen LogP) is 4.81. The normalized spacial score (nSPS) is 46.2. The number of carbonyl (C=O) groups excluding carboxylic acids is 2. The number of rotatable bonds is 0. The third-order valence-electron chi connectivity index (χ3n) is 8.06. The Hall–Kier alpha value is -1.44. The van der Waals surface area contributed by atoms with Gasteiger partial charge in [0.25, 0.3) is 0 Å². The van der Waals surface area contributed by atoms with Crippen molar-refractivity contribution in [3.05, 3.63) is 34.9 Å². The van der Waals surface area contributed by atoms with Crippen molar-refractivity contribution >= 4 is 11.6 Å². The summed E-state index contributed by atoms with van der Waals surface area (Å²) < 4.78 is 0. The summed E-state index contributed by atoms with van der Waals surface area (Å²) in [7, 11) is 0. The third-order valence-corrected chi connectivity index (χ3v) is 8.06. The van der Waals surface area contributed by atoms with Gasteiger partial charge in [-0.25, -0.2) is 0 Å². The number of hydrogen-bond donors (Lipinski definition) is 0. The van der Waals surface area contributed by atoms with Crippen molar-refractivity contribution in [3.8, 4) is 0 Å². The first-order chi connectivity index (χ1) is 11.3. The van der Waals surface area contributed by atoms with E-state index in [1.807, 2.05) is 12.2 Å². The molecule has 0 aliphatic heterocycles. The molecule has 128 valence electrons. The quantitative estimate of drug-likeness (QED) is 0.641. The van der Waals surface area contributed by atoms with E-state index in [4.69, 9.17) is 0 Å². The first-order valence-corrected chi connectivity index (χ1v) is 9.46. The highest BCUT2D eigenvalue weighted by molar-refractivity contribution is 6.02. The summed E-state index contributed by atoms with van der Waals surface area (Å²) >= 11 is 0. The minimum atomic E-state index is -0.0975. The van der Waals surface area contributed by atoms with E-state index in [1.165, 1.54) is 16.7 Å². The molecule has 0 amide bonds. The van der Waals surface area contributed by atoms with Gasteiger partial charge in [-0.1, -0.05) is 25.5 Å². The van der Waals surface area contributed by atoms with E-state index in [9.17, 15) is 9.59 Å². The standard InChI is InChI=1S/C22H28O2/c1-5-14-11-16-17-6-7-20(24)21(17,3)9-8-18(16)22(4)13(2)10-15(23)12-19(14)22/h5,10,12,16-18H,6-9,11H2,1-4H3/t16-,17-,18-,21-,22+/m0/s1. The second kappa shape index (κ2) is 5.03. The maximum absolute atomic E-state index is 12.5. The number of Topliss-reactive ketones (excluding diaryl/α,β-unsaturated/α-hetero) is 1. The van der Waals surface area contributed by atoms with Crippen molar-refractivity contribution in [1.29, 1.82) is 0 Å². The number of fused-ring (bicyclic) bond motifs is 5. The molecule has 0 spiro atoms. The SMILES string of the molecule is CC=C1C[C@@H]2[C@H](CC[C@]3(C)C(=O)CC[C@@H]23)[C@@]2(C)C(C)=CC(=O)C=C12. The average molecular weight is 324 g/mol. The van der Waals surface area contributed by atoms with E-state index >= 15 is 0 Å². The zero-order valence-corrected chi connectivity index (χ0v) is 15.3. The van der Waals surface area contributed by atoms with Crippen LogP contribution in [0.2, 0.25) is 0 Å². The maximum atomic E-state index is 12.5. The monoisotopic (exact) mass is 324 g/mol. The van der Waals surface area contributed by atoms with E-state index < -0.39 is 0 Å². The molecule has 0 unspecified atom stereocenters. The maximum Gasteiger partial charge on any atom is 0.178 e. The molecule has 0 saturated heterocycles. The zero-order chi connectivity index (χ0) is 17.3. The van der Waals surface area contributed by atoms with Crippen molar-refractivity contribution in [2.75, 3.05) is 0 Å². The van der Waals surface area contributed by atoms with Crippen LogP contribution in [-0.2, 0) is 9.59 Å². The first kappa shape index (κ1) is 16.1. The lowest BCUT2D eigenvalue weighted by Crippen LogP contribution is -2.51. The molecule has 0 heterocycles. The van der Waals surface area contributed by atoms with Crippen LogP contribution in [0.15, 0.2) is 34.9 Å². The van der Waals surface area contributed by atoms with E-state index in [-0.39, 0.29) is 16.6 Å². The van der Waals surface area contributed by atoms with Crippen molar-refractivity contribution in [2.24, 2.45) is 28.6 Å². The van der Waals surface area contributed by atoms with E-state index in [1.54, 1.807) is 0 Å². The number of allylic oxidation sites excluding steroid dienone is 6. The van der Waals surface area contributed by atoms with Gasteiger partial charge in [-0.05, 0) is 80.6 Å². The third kappa shape index (κ3) is 1.83. The number of carbonyl (C=O) groups is 2. The molecule has 0 aromatic carbocycles. The minimum absolute atomic E-state index is 0.0361. The molecule has 0 radical (unpaired) electrons. The molecule has 0 bridgehead atoms. The molecular formula is C22H28O2. The number of ketones is 2. The predicted molar refractivity (Wildman–Crippen MR) is 95.4 cm³/mol. The molecular weight excluding hydrogens is 296 g/mol. The molecule has 0 aromatic rings. The van der Waals surface area contributed by atoms with Crippen molar-refractivity contribution in [1.82, 2.24) is 0 Å². The van der Waals surface area contributed by atoms with Gasteiger partial charge in [-0.15, -0.1) is 0 Å². The zero-order valence-electron chi connectivity index (χ0n) is 15.3. The molecule has 2 nitrogen and oxygen atoms in total. The minimum Gasteiger partial charge on any atom is -0.299 e. The largest absolute Gasteiger partial charge is 0.299 e. The van der Waals surface area contributed by atoms with Gasteiger partial charge < -0.3 is 0 Å². The van der Waals surface area contributed by atoms with Crippen molar-refractivity contribution in [3.63, 3.8) is 0 Å². The summed E-state index contributed by atoms with van der Waals surface area (Å²) in [4.78, 5) is 24.7. The smallest absolute Gasteiger partial charge is 0.178 e. The fourth-order valence-corrected chi connectivity index (χ4v) is 6.53. The van der Waals surface area contributed by atoms with Crippen molar-refractivity contribution in [2.45, 2.75) is 59.8 Å². The fraction of sp³-hybridized carbons (Fsp3) is 0.636. The molecule has 4 aliphatic rings. The van der Waals surface area contributed by atoms with Gasteiger partial charge in [-0.2, -0.15) is 0 Å². The molecule has 3 fully saturated rings. The van der Waals surface area contributed by atoms with E-state index in [0.29, 0.717) is 23.5 Å². The summed E-state index contributed by atoms with van der Waals surface area (Å²) in [6, 6.07) is 0. The topological polar surface area (TPSA) is 34.1 Å². The first-order valence-electron chi connectivity index (χ1n) is 9.46. The summed E-state index contributed by atoms with van der Waals surface area (Å²) in [6.07, 6.45) is 10.9. The Balaban J connectivity index is 1.84. The van der Waals surface area contributed by atoms with Gasteiger partial charge in [0.15, 0.2) is 5.78 Å². The molecule has 24 heavy (non-hydrogen) atoms. The lowest BCUT2D eigenvalue weighted by molar-refractivity contribution is -0.131. The Bertz CT molecular complexity index is 722. The van der Waals surface area contributed by atoms with Crippen LogP contribution in [0.5, 0.6) is 0 Å². The lowest BCUT2D eigenvalue weighted by Gasteiger charge is -2.57. The van der Waals surface area contributed by atoms with Gasteiger partial charge >= 0.3 is 0 Å². The van der Waals surface area contributed by atoms with Crippen LogP contribution in [0, 0.1) is 28.6 Å². The van der Waals surface area contributed by atoms with E-state index in [2.05, 4.69) is 33.8 Å². The highest BCUT2D eigenvalue weighted by Crippen LogP contribution is 2.65. The molecule has 5 atom stereocenters. The highest BCUT2D eigenvalue weighted by atomic mass is 16.1. The Morgan fingerprint density at radius 3 is 2.58 bits per heavy atom. The Morgan fingerprint density at radius 2 is 1.88 bits per heavy atom. The average Bonchev–Trinajstić information content (AvgIpc) is 2.84. The van der Waals surface area contributed by atoms with Gasteiger partial charge in [0.1, 0.15) is 5.78 Å². The van der Waals surface area contributed by atoms with Crippen LogP contribution in [-0.4, -0.2) is 11.6 Å². The Morgan fingerprint density at radius 1 is 1.12 bits per heavy atom. The van der Waals surface area contributed by atoms with Crippen LogP contribution in [0.4, 0.5) is 0 Å². The lowest BCUT2D eigenvalue weighted by atomic mass is 9.46. The highest BCUT2D eigenvalue weighted by Gasteiger charge is 2.60. The summed E-state index contributed by atoms with van der Waals surface area (Å²) in [5.41, 5.74) is 3.67. The van der Waals surface area contributed by atoms with Crippen LogP contribution < -0.4 is 0 Å². The van der Waals surface area contributed by atoms with Crippen molar-refractivity contribution < 1.29 is 9.59 Å². The summed E-state index contributed by atoms with van der Waals surface area (Å²) in [5.74, 6) is 2.27. The Labute approximate surface area is 145 Å². The second-order valence-corrected chi connectivity index (χ2v) is 8.80. The van der Waals surface area contributed by atoms with Crippen LogP contribution in [0.25, 0.3) is 0 Å². The molecule has 4 aliphatic carbocycles. The van der Waals surface area contributed by atoms with E-state index in [0.717, 1.165) is 32.1 Å². The summed E-state index contributed by atoms with van der Waals surface area (Å²) in [5, 5.41) is 0. The number of hydrogen-bond acceptors (Lipinski definition) is 2. The van der Waals surface area contributed by atoms with Crippen LogP contribution in [0.1, 0.15) is 59.8 Å². The summed E-state index contributed by atoms with van der Waals surface area (Å²) in [6.45, 7) is 8.79. The van der Waals surface area contributed by atoms with Gasteiger partial charge in [0.05, 0.1) is 0 Å². The fourth-order valence-electron chi connectivity index (χ4n) is 6.53. The van der Waals surface area contributed by atoms with Crippen LogP contribution >= 0.6 is 0 Å².